The molecule has 0 aliphatic carbocycles. The van der Waals surface area contributed by atoms with Crippen LogP contribution in [0, 0.1) is 5.82 Å². The Morgan fingerprint density at radius 1 is 1.40 bits per heavy atom. The molecule has 1 aromatic heterocycles. The van der Waals surface area contributed by atoms with Crippen molar-refractivity contribution in [2.75, 3.05) is 6.54 Å². The molecule has 0 saturated carbocycles. The predicted molar refractivity (Wildman–Crippen MR) is 76.1 cm³/mol. The first-order valence-corrected chi connectivity index (χ1v) is 6.76. The van der Waals surface area contributed by atoms with Crippen LogP contribution >= 0.6 is 0 Å². The third-order valence-electron chi connectivity index (χ3n) is 3.78. The highest BCUT2D eigenvalue weighted by atomic mass is 19.1. The number of aromatic amines is 1. The molecule has 5 heteroatoms. The topological polar surface area (TPSA) is 65.1 Å². The molecule has 20 heavy (non-hydrogen) atoms. The summed E-state index contributed by atoms with van der Waals surface area (Å²) in [6.45, 7) is 3.96. The summed E-state index contributed by atoms with van der Waals surface area (Å²) in [5.74, 6) is -0.624. The Labute approximate surface area is 117 Å². The van der Waals surface area contributed by atoms with E-state index in [1.165, 1.54) is 12.1 Å². The van der Waals surface area contributed by atoms with E-state index >= 15 is 0 Å². The Bertz CT molecular complexity index is 617. The third-order valence-corrected chi connectivity index (χ3v) is 3.78. The van der Waals surface area contributed by atoms with E-state index in [-0.39, 0.29) is 18.3 Å². The number of fused-ring (bicyclic) bond motifs is 1. The quantitative estimate of drug-likeness (QED) is 0.787. The number of halogens is 1. The lowest BCUT2D eigenvalue weighted by Gasteiger charge is -2.25. The first-order valence-electron chi connectivity index (χ1n) is 6.76. The molecule has 108 valence electrons. The summed E-state index contributed by atoms with van der Waals surface area (Å²) in [6, 6.07) is 4.24. The summed E-state index contributed by atoms with van der Waals surface area (Å²) in [7, 11) is 0. The maximum absolute atomic E-state index is 13.1. The number of aliphatic hydroxyl groups is 1. The second-order valence-electron chi connectivity index (χ2n) is 5.01. The van der Waals surface area contributed by atoms with Gasteiger partial charge in [-0.2, -0.15) is 0 Å². The molecule has 2 rings (SSSR count). The molecule has 1 amide bonds. The van der Waals surface area contributed by atoms with Gasteiger partial charge < -0.3 is 15.4 Å². The molecule has 0 aliphatic heterocycles. The van der Waals surface area contributed by atoms with Crippen molar-refractivity contribution in [3.8, 4) is 0 Å². The van der Waals surface area contributed by atoms with E-state index in [0.717, 1.165) is 0 Å². The van der Waals surface area contributed by atoms with Gasteiger partial charge in [0, 0.05) is 23.6 Å². The molecule has 2 aromatic rings. The number of hydrogen-bond donors (Lipinski definition) is 3. The Kier molecular flexibility index (Phi) is 4.09. The van der Waals surface area contributed by atoms with E-state index in [0.29, 0.717) is 29.3 Å². The zero-order chi connectivity index (χ0) is 14.8. The lowest BCUT2D eigenvalue weighted by atomic mass is 9.97. The average molecular weight is 278 g/mol. The highest BCUT2D eigenvalue weighted by Crippen LogP contribution is 2.19. The molecule has 0 saturated heterocycles. The molecule has 0 radical (unpaired) electrons. The SMILES string of the molecule is CCC(O)(CC)CNC(=O)c1c[nH]c2cc(F)ccc12. The minimum absolute atomic E-state index is 0.201. The fourth-order valence-electron chi connectivity index (χ4n) is 2.13. The number of nitrogens with one attached hydrogen (secondary N) is 2. The summed E-state index contributed by atoms with van der Waals surface area (Å²) < 4.78 is 13.1. The molecule has 0 bridgehead atoms. The van der Waals surface area contributed by atoms with Crippen LogP contribution in [0.3, 0.4) is 0 Å². The van der Waals surface area contributed by atoms with E-state index in [1.807, 2.05) is 13.8 Å². The van der Waals surface area contributed by atoms with Crippen LogP contribution in [-0.2, 0) is 0 Å². The van der Waals surface area contributed by atoms with Gasteiger partial charge in [0.25, 0.3) is 5.91 Å². The highest BCUT2D eigenvalue weighted by molar-refractivity contribution is 6.06. The largest absolute Gasteiger partial charge is 0.388 e. The maximum atomic E-state index is 13.1. The van der Waals surface area contributed by atoms with Gasteiger partial charge >= 0.3 is 0 Å². The summed E-state index contributed by atoms with van der Waals surface area (Å²) in [6.07, 6.45) is 2.70. The van der Waals surface area contributed by atoms with Crippen molar-refractivity contribution in [3.63, 3.8) is 0 Å². The minimum atomic E-state index is -0.881. The molecular formula is C15H19FN2O2. The Hall–Kier alpha value is -1.88. The van der Waals surface area contributed by atoms with Crippen LogP contribution in [0.4, 0.5) is 4.39 Å². The predicted octanol–water partition coefficient (Wildman–Crippen LogP) is 2.59. The number of amides is 1. The van der Waals surface area contributed by atoms with Crippen LogP contribution in [-0.4, -0.2) is 28.1 Å². The maximum Gasteiger partial charge on any atom is 0.253 e. The highest BCUT2D eigenvalue weighted by Gasteiger charge is 2.23. The monoisotopic (exact) mass is 278 g/mol. The molecule has 3 N–H and O–H groups in total. The second kappa shape index (κ2) is 5.63. The van der Waals surface area contributed by atoms with Crippen molar-refractivity contribution in [2.45, 2.75) is 32.3 Å². The zero-order valence-electron chi connectivity index (χ0n) is 11.7. The molecule has 0 unspecified atom stereocenters. The van der Waals surface area contributed by atoms with Gasteiger partial charge in [-0.25, -0.2) is 4.39 Å². The van der Waals surface area contributed by atoms with Gasteiger partial charge in [-0.1, -0.05) is 13.8 Å². The van der Waals surface area contributed by atoms with Crippen molar-refractivity contribution in [1.29, 1.82) is 0 Å². The van der Waals surface area contributed by atoms with Crippen molar-refractivity contribution in [3.05, 3.63) is 35.8 Å². The molecule has 0 atom stereocenters. The van der Waals surface area contributed by atoms with Gasteiger partial charge in [-0.05, 0) is 31.0 Å². The van der Waals surface area contributed by atoms with Crippen LogP contribution in [0.5, 0.6) is 0 Å². The number of H-pyrrole nitrogens is 1. The van der Waals surface area contributed by atoms with E-state index < -0.39 is 5.60 Å². The first kappa shape index (κ1) is 14.5. The molecule has 1 aromatic carbocycles. The van der Waals surface area contributed by atoms with Crippen LogP contribution in [0.1, 0.15) is 37.0 Å². The fraction of sp³-hybridized carbons (Fsp3) is 0.400. The van der Waals surface area contributed by atoms with Gasteiger partial charge in [0.15, 0.2) is 0 Å². The number of carbonyl (C=O) groups is 1. The Balaban J connectivity index is 2.16. The fourth-order valence-corrected chi connectivity index (χ4v) is 2.13. The smallest absolute Gasteiger partial charge is 0.253 e. The van der Waals surface area contributed by atoms with E-state index in [1.54, 1.807) is 12.3 Å². The van der Waals surface area contributed by atoms with Crippen molar-refractivity contribution in [2.24, 2.45) is 0 Å². The Morgan fingerprint density at radius 3 is 2.75 bits per heavy atom. The number of hydrogen-bond acceptors (Lipinski definition) is 2. The number of rotatable bonds is 5. The van der Waals surface area contributed by atoms with Crippen molar-refractivity contribution >= 4 is 16.8 Å². The van der Waals surface area contributed by atoms with E-state index in [2.05, 4.69) is 10.3 Å². The summed E-state index contributed by atoms with van der Waals surface area (Å²) in [5.41, 5.74) is 0.152. The van der Waals surface area contributed by atoms with Gasteiger partial charge in [0.1, 0.15) is 5.82 Å². The van der Waals surface area contributed by atoms with Crippen molar-refractivity contribution in [1.82, 2.24) is 10.3 Å². The van der Waals surface area contributed by atoms with Gasteiger partial charge in [-0.3, -0.25) is 4.79 Å². The third kappa shape index (κ3) is 2.82. The molecule has 0 aliphatic rings. The average Bonchev–Trinajstić information content (AvgIpc) is 2.87. The number of benzene rings is 1. The van der Waals surface area contributed by atoms with Crippen molar-refractivity contribution < 1.29 is 14.3 Å². The molecular weight excluding hydrogens is 259 g/mol. The molecule has 4 nitrogen and oxygen atoms in total. The van der Waals surface area contributed by atoms with E-state index in [9.17, 15) is 14.3 Å². The van der Waals surface area contributed by atoms with Gasteiger partial charge in [-0.15, -0.1) is 0 Å². The number of carbonyl (C=O) groups excluding carboxylic acids is 1. The second-order valence-corrected chi connectivity index (χ2v) is 5.01. The van der Waals surface area contributed by atoms with Gasteiger partial charge in [0.2, 0.25) is 0 Å². The standard InChI is InChI=1S/C15H19FN2O2/c1-3-15(20,4-2)9-18-14(19)12-8-17-13-7-10(16)5-6-11(12)13/h5-8,17,20H,3-4,9H2,1-2H3,(H,18,19). The normalized spacial score (nSPS) is 11.8. The van der Waals surface area contributed by atoms with E-state index in [4.69, 9.17) is 0 Å². The molecule has 0 spiro atoms. The van der Waals surface area contributed by atoms with Gasteiger partial charge in [0.05, 0.1) is 11.2 Å². The zero-order valence-corrected chi connectivity index (χ0v) is 11.7. The summed E-state index contributed by atoms with van der Waals surface area (Å²) in [4.78, 5) is 15.0. The molecule has 0 fully saturated rings. The first-order chi connectivity index (χ1) is 9.49. The van der Waals surface area contributed by atoms with Crippen LogP contribution < -0.4 is 5.32 Å². The minimum Gasteiger partial charge on any atom is -0.388 e. The lowest BCUT2D eigenvalue weighted by Crippen LogP contribution is -2.42. The van der Waals surface area contributed by atoms with Crippen LogP contribution in [0.2, 0.25) is 0 Å². The number of aromatic nitrogens is 1. The Morgan fingerprint density at radius 2 is 2.10 bits per heavy atom. The molecule has 1 heterocycles. The summed E-state index contributed by atoms with van der Waals surface area (Å²) in [5, 5.41) is 13.6. The summed E-state index contributed by atoms with van der Waals surface area (Å²) >= 11 is 0. The van der Waals surface area contributed by atoms with Crippen LogP contribution in [0.15, 0.2) is 24.4 Å². The lowest BCUT2D eigenvalue weighted by molar-refractivity contribution is 0.0314. The van der Waals surface area contributed by atoms with Crippen LogP contribution in [0.25, 0.3) is 10.9 Å².